The second-order valence-electron chi connectivity index (χ2n) is 17.0. The highest BCUT2D eigenvalue weighted by Gasteiger charge is 2.19. The van der Waals surface area contributed by atoms with Gasteiger partial charge in [-0.05, 0) is 116 Å². The summed E-state index contributed by atoms with van der Waals surface area (Å²) in [6.45, 7) is 6.27. The van der Waals surface area contributed by atoms with Crippen LogP contribution in [-0.4, -0.2) is 37.2 Å². The van der Waals surface area contributed by atoms with Crippen LogP contribution < -0.4 is 0 Å². The molecule has 0 amide bonds. The first-order chi connectivity index (χ1) is 33.0. The molecule has 0 fully saturated rings. The number of allylic oxidation sites excluding steroid dienone is 21. The van der Waals surface area contributed by atoms with Gasteiger partial charge in [0.1, 0.15) is 13.2 Å². The Labute approximate surface area is 411 Å². The van der Waals surface area contributed by atoms with Crippen molar-refractivity contribution in [3.05, 3.63) is 134 Å². The zero-order valence-electron chi connectivity index (χ0n) is 42.9. The van der Waals surface area contributed by atoms with Crippen LogP contribution in [-0.2, 0) is 28.6 Å². The molecule has 6 heteroatoms. The van der Waals surface area contributed by atoms with Gasteiger partial charge in [-0.1, -0.05) is 212 Å². The van der Waals surface area contributed by atoms with Gasteiger partial charge in [-0.15, -0.1) is 0 Å². The molecule has 0 aliphatic heterocycles. The molecule has 0 saturated heterocycles. The maximum absolute atomic E-state index is 12.8. The van der Waals surface area contributed by atoms with E-state index in [9.17, 15) is 14.4 Å². The Morgan fingerprint density at radius 3 is 1.00 bits per heavy atom. The number of rotatable bonds is 46. The third-order valence-electron chi connectivity index (χ3n) is 10.7. The molecule has 376 valence electrons. The van der Waals surface area contributed by atoms with Crippen molar-refractivity contribution in [2.45, 2.75) is 219 Å². The second-order valence-corrected chi connectivity index (χ2v) is 17.0. The van der Waals surface area contributed by atoms with Gasteiger partial charge >= 0.3 is 17.9 Å². The van der Waals surface area contributed by atoms with Crippen LogP contribution in [0.15, 0.2) is 134 Å². The first kappa shape index (κ1) is 62.5. The van der Waals surface area contributed by atoms with Crippen LogP contribution in [0.5, 0.6) is 0 Å². The average Bonchev–Trinajstić information content (AvgIpc) is 3.33. The number of carbonyl (C=O) groups excluding carboxylic acids is 3. The van der Waals surface area contributed by atoms with Crippen LogP contribution in [0, 0.1) is 0 Å². The number of carbonyl (C=O) groups is 3. The molecule has 0 spiro atoms. The van der Waals surface area contributed by atoms with E-state index >= 15 is 0 Å². The minimum Gasteiger partial charge on any atom is -0.462 e. The van der Waals surface area contributed by atoms with E-state index in [0.717, 1.165) is 128 Å². The van der Waals surface area contributed by atoms with Gasteiger partial charge in [0.25, 0.3) is 0 Å². The summed E-state index contributed by atoms with van der Waals surface area (Å²) in [6, 6.07) is 0. The molecule has 1 unspecified atom stereocenters. The van der Waals surface area contributed by atoms with Gasteiger partial charge in [-0.2, -0.15) is 0 Å². The molecule has 0 aliphatic carbocycles. The SMILES string of the molecule is CC/C=C\C/C=C\C/C=C\C/C=C\C/C=C\CCCCCCCC(=O)OCC(COC(=O)CCCCCCC/C=C\CCCCCC)OC(=O)C/C=C\C/C=C\C/C=C\C/C=C\C/C=C\CC. The zero-order valence-corrected chi connectivity index (χ0v) is 42.9. The number of ether oxygens (including phenoxy) is 3. The van der Waals surface area contributed by atoms with E-state index in [1.807, 2.05) is 6.08 Å². The lowest BCUT2D eigenvalue weighted by Gasteiger charge is -2.18. The fourth-order valence-corrected chi connectivity index (χ4v) is 6.71. The van der Waals surface area contributed by atoms with Gasteiger partial charge in [0.05, 0.1) is 6.42 Å². The van der Waals surface area contributed by atoms with E-state index < -0.39 is 12.1 Å². The van der Waals surface area contributed by atoms with Crippen LogP contribution in [0.4, 0.5) is 0 Å². The monoisotopic (exact) mass is 925 g/mol. The molecule has 0 rings (SSSR count). The molecule has 0 radical (unpaired) electrons. The highest BCUT2D eigenvalue weighted by atomic mass is 16.6. The van der Waals surface area contributed by atoms with Gasteiger partial charge in [0.2, 0.25) is 0 Å². The fourth-order valence-electron chi connectivity index (χ4n) is 6.71. The summed E-state index contributed by atoms with van der Waals surface area (Å²) in [7, 11) is 0. The van der Waals surface area contributed by atoms with E-state index in [1.165, 1.54) is 38.5 Å². The predicted molar refractivity (Wildman–Crippen MR) is 288 cm³/mol. The normalized spacial score (nSPS) is 13.2. The van der Waals surface area contributed by atoms with Crippen molar-refractivity contribution in [1.29, 1.82) is 0 Å². The molecular weight excluding hydrogens is 829 g/mol. The van der Waals surface area contributed by atoms with Gasteiger partial charge in [0.15, 0.2) is 6.10 Å². The Hall–Kier alpha value is -4.45. The average molecular weight is 925 g/mol. The van der Waals surface area contributed by atoms with Crippen molar-refractivity contribution in [1.82, 2.24) is 0 Å². The largest absolute Gasteiger partial charge is 0.462 e. The summed E-state index contributed by atoms with van der Waals surface area (Å²) < 4.78 is 16.7. The molecule has 6 nitrogen and oxygen atoms in total. The van der Waals surface area contributed by atoms with Crippen molar-refractivity contribution >= 4 is 17.9 Å². The van der Waals surface area contributed by atoms with E-state index in [2.05, 4.69) is 142 Å². The van der Waals surface area contributed by atoms with Crippen molar-refractivity contribution in [2.75, 3.05) is 13.2 Å². The molecular formula is C61H96O6. The standard InChI is InChI=1S/C61H96O6/c1-4-7-10-13-16-19-22-25-27-28-29-30-31-32-34-36-39-42-45-48-51-54-60(63)66-57-58(56-65-59(62)53-50-47-44-41-38-35-24-21-18-15-12-9-6-3)67-61(64)55-52-49-46-43-40-37-33-26-23-20-17-14-11-8-5-2/h7-8,10-11,16-17,19-21,24-27,29-30,32-34,40,43,49,52,58H,4-6,9,12-15,18,22-23,28,31,35-39,41-42,44-48,50-51,53-57H2,1-3H3/b10-7-,11-8-,19-16-,20-17-,24-21-,27-25-,30-29-,33-26-,34-32-,43-40-,52-49-. The van der Waals surface area contributed by atoms with Crippen molar-refractivity contribution < 1.29 is 28.6 Å². The Kier molecular flexibility index (Phi) is 50.6. The summed E-state index contributed by atoms with van der Waals surface area (Å²) in [6.07, 6.45) is 76.0. The second kappa shape index (κ2) is 54.2. The smallest absolute Gasteiger partial charge is 0.310 e. The van der Waals surface area contributed by atoms with Crippen LogP contribution in [0.1, 0.15) is 213 Å². The number of hydrogen-bond donors (Lipinski definition) is 0. The molecule has 0 heterocycles. The Morgan fingerprint density at radius 2 is 0.627 bits per heavy atom. The number of esters is 3. The zero-order chi connectivity index (χ0) is 48.6. The van der Waals surface area contributed by atoms with E-state index in [1.54, 1.807) is 6.08 Å². The molecule has 67 heavy (non-hydrogen) atoms. The minimum absolute atomic E-state index is 0.0851. The highest BCUT2D eigenvalue weighted by molar-refractivity contribution is 5.72. The third-order valence-corrected chi connectivity index (χ3v) is 10.7. The van der Waals surface area contributed by atoms with Crippen molar-refractivity contribution in [3.63, 3.8) is 0 Å². The van der Waals surface area contributed by atoms with Crippen molar-refractivity contribution in [3.8, 4) is 0 Å². The molecule has 0 saturated carbocycles. The maximum Gasteiger partial charge on any atom is 0.310 e. The molecule has 0 aliphatic rings. The van der Waals surface area contributed by atoms with Crippen LogP contribution in [0.25, 0.3) is 0 Å². The summed E-state index contributed by atoms with van der Waals surface area (Å²) in [4.78, 5) is 38.0. The predicted octanol–water partition coefficient (Wildman–Crippen LogP) is 17.9. The molecule has 1 atom stereocenters. The van der Waals surface area contributed by atoms with Gasteiger partial charge in [-0.3, -0.25) is 14.4 Å². The van der Waals surface area contributed by atoms with Crippen LogP contribution >= 0.6 is 0 Å². The highest BCUT2D eigenvalue weighted by Crippen LogP contribution is 2.12. The third kappa shape index (κ3) is 52.4. The van der Waals surface area contributed by atoms with E-state index in [-0.39, 0.29) is 31.6 Å². The molecule has 0 bridgehead atoms. The lowest BCUT2D eigenvalue weighted by Crippen LogP contribution is -2.30. The van der Waals surface area contributed by atoms with Gasteiger partial charge in [0, 0.05) is 12.8 Å². The molecule has 0 aromatic heterocycles. The number of hydrogen-bond acceptors (Lipinski definition) is 6. The Morgan fingerprint density at radius 1 is 0.328 bits per heavy atom. The van der Waals surface area contributed by atoms with Gasteiger partial charge < -0.3 is 14.2 Å². The quantitative estimate of drug-likeness (QED) is 0.0262. The first-order valence-corrected chi connectivity index (χ1v) is 26.7. The van der Waals surface area contributed by atoms with Crippen molar-refractivity contribution in [2.24, 2.45) is 0 Å². The summed E-state index contributed by atoms with van der Waals surface area (Å²) in [5.74, 6) is -1.10. The van der Waals surface area contributed by atoms with E-state index in [4.69, 9.17) is 14.2 Å². The fraction of sp³-hybridized carbons (Fsp3) is 0.590. The Bertz CT molecular complexity index is 1480. The molecule has 0 N–H and O–H groups in total. The maximum atomic E-state index is 12.8. The first-order valence-electron chi connectivity index (χ1n) is 26.7. The summed E-state index contributed by atoms with van der Waals surface area (Å²) >= 11 is 0. The Balaban J connectivity index is 4.54. The lowest BCUT2D eigenvalue weighted by atomic mass is 10.1. The van der Waals surface area contributed by atoms with Gasteiger partial charge in [-0.25, -0.2) is 0 Å². The van der Waals surface area contributed by atoms with Crippen LogP contribution in [0.2, 0.25) is 0 Å². The summed E-state index contributed by atoms with van der Waals surface area (Å²) in [5.41, 5.74) is 0. The molecule has 0 aromatic rings. The van der Waals surface area contributed by atoms with E-state index in [0.29, 0.717) is 19.3 Å². The summed E-state index contributed by atoms with van der Waals surface area (Å²) in [5, 5.41) is 0. The minimum atomic E-state index is -0.848. The molecule has 0 aromatic carbocycles. The number of unbranched alkanes of at least 4 members (excludes halogenated alkanes) is 14. The van der Waals surface area contributed by atoms with Crippen LogP contribution in [0.3, 0.4) is 0 Å². The topological polar surface area (TPSA) is 78.9 Å². The lowest BCUT2D eigenvalue weighted by molar-refractivity contribution is -0.166.